The quantitative estimate of drug-likeness (QED) is 0.822. The number of rotatable bonds is 2. The van der Waals surface area contributed by atoms with Gasteiger partial charge in [0.15, 0.2) is 0 Å². The van der Waals surface area contributed by atoms with E-state index in [9.17, 15) is 4.79 Å². The minimum Gasteiger partial charge on any atom is -0.329 e. The molecule has 6 heteroatoms. The van der Waals surface area contributed by atoms with E-state index >= 15 is 0 Å². The Labute approximate surface area is 116 Å². The molecule has 0 N–H and O–H groups in total. The number of nitrogens with zero attached hydrogens (tertiary/aromatic N) is 5. The topological polar surface area (TPSA) is 63.9 Å². The van der Waals surface area contributed by atoms with Gasteiger partial charge < -0.3 is 4.90 Å². The molecule has 1 amide bonds. The predicted octanol–water partition coefficient (Wildman–Crippen LogP) is 1.21. The maximum Gasteiger partial charge on any atom is 0.254 e. The molecule has 0 saturated heterocycles. The third-order valence-corrected chi connectivity index (χ3v) is 3.92. The van der Waals surface area contributed by atoms with Crippen molar-refractivity contribution < 1.29 is 4.79 Å². The molecule has 0 unspecified atom stereocenters. The van der Waals surface area contributed by atoms with E-state index in [0.717, 1.165) is 17.1 Å². The fourth-order valence-corrected chi connectivity index (χ4v) is 2.60. The van der Waals surface area contributed by atoms with Gasteiger partial charge in [-0.3, -0.25) is 9.78 Å². The van der Waals surface area contributed by atoms with Crippen LogP contribution in [0.25, 0.3) is 0 Å². The fraction of sp³-hybridized carbons (Fsp3) is 0.429. The van der Waals surface area contributed by atoms with Crippen LogP contribution in [0.4, 0.5) is 0 Å². The molecule has 2 aromatic rings. The number of aromatic nitrogens is 4. The molecule has 0 spiro atoms. The van der Waals surface area contributed by atoms with Crippen LogP contribution in [0.5, 0.6) is 0 Å². The van der Waals surface area contributed by atoms with Gasteiger partial charge in [0, 0.05) is 29.9 Å². The zero-order valence-corrected chi connectivity index (χ0v) is 11.1. The first-order valence-electron chi connectivity index (χ1n) is 6.93. The minimum atomic E-state index is 0.0588. The summed E-state index contributed by atoms with van der Waals surface area (Å²) in [7, 11) is 0. The van der Waals surface area contributed by atoms with Crippen molar-refractivity contribution >= 4 is 5.91 Å². The van der Waals surface area contributed by atoms with Gasteiger partial charge in [0.25, 0.3) is 5.91 Å². The first-order chi connectivity index (χ1) is 9.81. The summed E-state index contributed by atoms with van der Waals surface area (Å²) >= 11 is 0. The average molecular weight is 269 g/mol. The Morgan fingerprint density at radius 1 is 1.25 bits per heavy atom. The predicted molar refractivity (Wildman–Crippen MR) is 71.0 cm³/mol. The van der Waals surface area contributed by atoms with Gasteiger partial charge in [-0.1, -0.05) is 0 Å². The number of hydrogen-bond acceptors (Lipinski definition) is 4. The fourth-order valence-electron chi connectivity index (χ4n) is 2.60. The van der Waals surface area contributed by atoms with Gasteiger partial charge in [0.2, 0.25) is 0 Å². The second-order valence-electron chi connectivity index (χ2n) is 5.37. The Balaban J connectivity index is 1.57. The molecule has 3 heterocycles. The van der Waals surface area contributed by atoms with Crippen molar-refractivity contribution in [3.05, 3.63) is 41.7 Å². The van der Waals surface area contributed by atoms with Crippen molar-refractivity contribution in [2.45, 2.75) is 31.8 Å². The monoisotopic (exact) mass is 269 g/mol. The number of carbonyl (C=O) groups is 1. The van der Waals surface area contributed by atoms with Gasteiger partial charge >= 0.3 is 0 Å². The van der Waals surface area contributed by atoms with Crippen molar-refractivity contribution in [1.82, 2.24) is 24.6 Å². The molecule has 0 bridgehead atoms. The highest BCUT2D eigenvalue weighted by atomic mass is 16.2. The van der Waals surface area contributed by atoms with Crippen LogP contribution in [0.3, 0.4) is 0 Å². The maximum atomic E-state index is 12.6. The lowest BCUT2D eigenvalue weighted by Crippen LogP contribution is -2.38. The zero-order valence-electron chi connectivity index (χ0n) is 11.1. The maximum absolute atomic E-state index is 12.6. The van der Waals surface area contributed by atoms with Gasteiger partial charge in [-0.25, -0.2) is 9.67 Å². The summed E-state index contributed by atoms with van der Waals surface area (Å²) < 4.78 is 1.85. The summed E-state index contributed by atoms with van der Waals surface area (Å²) in [5, 5.41) is 4.13. The van der Waals surface area contributed by atoms with Crippen LogP contribution < -0.4 is 0 Å². The molecule has 0 atom stereocenters. The molecule has 1 aliphatic heterocycles. The molecule has 1 fully saturated rings. The Morgan fingerprint density at radius 2 is 2.15 bits per heavy atom. The number of amides is 1. The molecule has 1 saturated carbocycles. The average Bonchev–Trinajstić information content (AvgIpc) is 3.24. The van der Waals surface area contributed by atoms with Crippen molar-refractivity contribution in [2.75, 3.05) is 6.54 Å². The number of hydrogen-bond donors (Lipinski definition) is 0. The van der Waals surface area contributed by atoms with E-state index in [0.29, 0.717) is 25.6 Å². The number of pyridine rings is 1. The van der Waals surface area contributed by atoms with Crippen molar-refractivity contribution in [2.24, 2.45) is 0 Å². The summed E-state index contributed by atoms with van der Waals surface area (Å²) in [5.74, 6) is 1.47. The van der Waals surface area contributed by atoms with E-state index in [1.54, 1.807) is 18.6 Å². The standard InChI is InChI=1S/C14H15N5O/c20-14(11-3-4-15-12(7-11)10-1-2-10)18-5-6-19-13(8-18)16-9-17-19/h3-4,7,9-10H,1-2,5-6,8H2. The largest absolute Gasteiger partial charge is 0.329 e. The molecule has 0 radical (unpaired) electrons. The Bertz CT molecular complexity index is 661. The summed E-state index contributed by atoms with van der Waals surface area (Å²) in [6, 6.07) is 3.74. The van der Waals surface area contributed by atoms with Gasteiger partial charge in [-0.15, -0.1) is 0 Å². The molecule has 2 aromatic heterocycles. The molecule has 102 valence electrons. The van der Waals surface area contributed by atoms with Crippen LogP contribution in [0.1, 0.15) is 40.6 Å². The highest BCUT2D eigenvalue weighted by Crippen LogP contribution is 2.39. The summed E-state index contributed by atoms with van der Waals surface area (Å²) in [6.07, 6.45) is 5.67. The second kappa shape index (κ2) is 4.40. The normalized spacial score (nSPS) is 17.9. The molecular weight excluding hydrogens is 254 g/mol. The minimum absolute atomic E-state index is 0.0588. The molecule has 2 aliphatic rings. The van der Waals surface area contributed by atoms with E-state index in [2.05, 4.69) is 15.1 Å². The first kappa shape index (κ1) is 11.6. The van der Waals surface area contributed by atoms with Crippen LogP contribution in [0.2, 0.25) is 0 Å². The van der Waals surface area contributed by atoms with Crippen molar-refractivity contribution in [1.29, 1.82) is 0 Å². The summed E-state index contributed by atoms with van der Waals surface area (Å²) in [4.78, 5) is 22.9. The Morgan fingerprint density at radius 3 is 3.00 bits per heavy atom. The smallest absolute Gasteiger partial charge is 0.254 e. The molecule has 0 aromatic carbocycles. The molecule has 20 heavy (non-hydrogen) atoms. The summed E-state index contributed by atoms with van der Waals surface area (Å²) in [5.41, 5.74) is 1.78. The van der Waals surface area contributed by atoms with E-state index in [1.807, 2.05) is 15.6 Å². The molecule has 4 rings (SSSR count). The van der Waals surface area contributed by atoms with Crippen LogP contribution in [-0.2, 0) is 13.1 Å². The van der Waals surface area contributed by atoms with E-state index in [1.165, 1.54) is 12.8 Å². The zero-order chi connectivity index (χ0) is 13.5. The Hall–Kier alpha value is -2.24. The summed E-state index contributed by atoms with van der Waals surface area (Å²) in [6.45, 7) is 1.91. The van der Waals surface area contributed by atoms with E-state index in [-0.39, 0.29) is 5.91 Å². The molecule has 6 nitrogen and oxygen atoms in total. The van der Waals surface area contributed by atoms with Gasteiger partial charge in [-0.2, -0.15) is 5.10 Å². The van der Waals surface area contributed by atoms with Gasteiger partial charge in [-0.05, 0) is 25.0 Å². The lowest BCUT2D eigenvalue weighted by Gasteiger charge is -2.26. The highest BCUT2D eigenvalue weighted by molar-refractivity contribution is 5.94. The third kappa shape index (κ3) is 1.97. The lowest BCUT2D eigenvalue weighted by atomic mass is 10.1. The van der Waals surface area contributed by atoms with Crippen LogP contribution in [-0.4, -0.2) is 37.1 Å². The van der Waals surface area contributed by atoms with Crippen molar-refractivity contribution in [3.8, 4) is 0 Å². The Kier molecular flexibility index (Phi) is 2.55. The SMILES string of the molecule is O=C(c1ccnc(C2CC2)c1)N1CCn2ncnc2C1. The second-order valence-corrected chi connectivity index (χ2v) is 5.37. The van der Waals surface area contributed by atoms with Crippen LogP contribution in [0, 0.1) is 0 Å². The van der Waals surface area contributed by atoms with Gasteiger partial charge in [0.1, 0.15) is 12.2 Å². The molecular formula is C14H15N5O. The van der Waals surface area contributed by atoms with Crippen LogP contribution in [0.15, 0.2) is 24.7 Å². The first-order valence-corrected chi connectivity index (χ1v) is 6.93. The molecule has 1 aliphatic carbocycles. The number of carbonyl (C=O) groups excluding carboxylic acids is 1. The van der Waals surface area contributed by atoms with Crippen LogP contribution >= 0.6 is 0 Å². The lowest BCUT2D eigenvalue weighted by molar-refractivity contribution is 0.0702. The van der Waals surface area contributed by atoms with Crippen molar-refractivity contribution in [3.63, 3.8) is 0 Å². The number of fused-ring (bicyclic) bond motifs is 1. The van der Waals surface area contributed by atoms with E-state index in [4.69, 9.17) is 0 Å². The van der Waals surface area contributed by atoms with Gasteiger partial charge in [0.05, 0.1) is 13.1 Å². The third-order valence-electron chi connectivity index (χ3n) is 3.92. The highest BCUT2D eigenvalue weighted by Gasteiger charge is 2.27. The van der Waals surface area contributed by atoms with E-state index < -0.39 is 0 Å².